The highest BCUT2D eigenvalue weighted by atomic mass is 16.5. The summed E-state index contributed by atoms with van der Waals surface area (Å²) in [5.74, 6) is 0.251. The average Bonchev–Trinajstić information content (AvgIpc) is 2.84. The van der Waals surface area contributed by atoms with Crippen molar-refractivity contribution < 1.29 is 19.1 Å². The number of carbonyl (C=O) groups is 2. The Morgan fingerprint density at radius 2 is 1.75 bits per heavy atom. The van der Waals surface area contributed by atoms with Gasteiger partial charge in [-0.05, 0) is 47.0 Å². The number of aromatic nitrogens is 1. The molecule has 2 atom stereocenters. The van der Waals surface area contributed by atoms with Gasteiger partial charge in [-0.25, -0.2) is 0 Å². The first-order valence-electron chi connectivity index (χ1n) is 10.3. The quantitative estimate of drug-likeness (QED) is 0.648. The topological polar surface area (TPSA) is 80.8 Å². The zero-order chi connectivity index (χ0) is 22.7. The Labute approximate surface area is 187 Å². The number of methoxy groups -OCH3 is 2. The summed E-state index contributed by atoms with van der Waals surface area (Å²) < 4.78 is 10.8. The summed E-state index contributed by atoms with van der Waals surface area (Å²) in [7, 11) is 4.85. The van der Waals surface area contributed by atoms with E-state index < -0.39 is 12.0 Å². The second-order valence-corrected chi connectivity index (χ2v) is 7.61. The standard InChI is InChI=1S/C25H25N3O4/c1-28-23(17-8-9-20(31-2)21(14-17)32-3)22(18-6-4-5-7-19(18)25(28)30)24(29)27-15-16-10-12-26-13-11-16/h4-14,22-23H,15H2,1-3H3,(H,27,29)/t22-,23-/m0/s1. The number of likely N-dealkylation sites (N-methyl/N-ethyl adjacent to an activating group) is 1. The zero-order valence-electron chi connectivity index (χ0n) is 18.2. The number of carbonyl (C=O) groups excluding carboxylic acids is 2. The van der Waals surface area contributed by atoms with E-state index in [0.29, 0.717) is 29.2 Å². The van der Waals surface area contributed by atoms with Crippen molar-refractivity contribution in [3.8, 4) is 11.5 Å². The van der Waals surface area contributed by atoms with Crippen molar-refractivity contribution in [1.82, 2.24) is 15.2 Å². The summed E-state index contributed by atoms with van der Waals surface area (Å²) in [5, 5.41) is 3.04. The van der Waals surface area contributed by atoms with Gasteiger partial charge in [-0.2, -0.15) is 0 Å². The summed E-state index contributed by atoms with van der Waals surface area (Å²) in [6, 6.07) is 16.0. The molecule has 7 nitrogen and oxygen atoms in total. The third kappa shape index (κ3) is 3.89. The Morgan fingerprint density at radius 3 is 2.47 bits per heavy atom. The third-order valence-corrected chi connectivity index (χ3v) is 5.83. The number of fused-ring (bicyclic) bond motifs is 1. The summed E-state index contributed by atoms with van der Waals surface area (Å²) in [4.78, 5) is 32.3. The number of pyridine rings is 1. The van der Waals surface area contributed by atoms with E-state index >= 15 is 0 Å². The monoisotopic (exact) mass is 431 g/mol. The fourth-order valence-corrected chi connectivity index (χ4v) is 4.21. The lowest BCUT2D eigenvalue weighted by Gasteiger charge is -2.40. The Balaban J connectivity index is 1.76. The normalized spacial score (nSPS) is 17.5. The molecule has 2 heterocycles. The van der Waals surface area contributed by atoms with Crippen LogP contribution in [0.5, 0.6) is 11.5 Å². The number of nitrogens with zero attached hydrogens (tertiary/aromatic N) is 2. The second-order valence-electron chi connectivity index (χ2n) is 7.61. The van der Waals surface area contributed by atoms with Crippen molar-refractivity contribution in [3.05, 3.63) is 89.2 Å². The molecule has 0 unspecified atom stereocenters. The van der Waals surface area contributed by atoms with Gasteiger partial charge < -0.3 is 19.7 Å². The van der Waals surface area contributed by atoms with Crippen LogP contribution in [0.25, 0.3) is 0 Å². The zero-order valence-corrected chi connectivity index (χ0v) is 18.2. The number of hydrogen-bond acceptors (Lipinski definition) is 5. The van der Waals surface area contributed by atoms with E-state index in [1.54, 1.807) is 50.7 Å². The minimum absolute atomic E-state index is 0.126. The van der Waals surface area contributed by atoms with Crippen LogP contribution < -0.4 is 14.8 Å². The molecule has 0 aliphatic carbocycles. The van der Waals surface area contributed by atoms with Crippen molar-refractivity contribution >= 4 is 11.8 Å². The lowest BCUT2D eigenvalue weighted by Crippen LogP contribution is -2.45. The maximum Gasteiger partial charge on any atom is 0.254 e. The van der Waals surface area contributed by atoms with Gasteiger partial charge in [0.25, 0.3) is 5.91 Å². The Hall–Kier alpha value is -3.87. The van der Waals surface area contributed by atoms with Gasteiger partial charge in [0, 0.05) is 31.5 Å². The van der Waals surface area contributed by atoms with E-state index in [4.69, 9.17) is 9.47 Å². The Kier molecular flexibility index (Phi) is 6.07. The molecule has 1 aliphatic rings. The molecule has 3 aromatic rings. The first kappa shape index (κ1) is 21.4. The molecule has 4 rings (SSSR count). The van der Waals surface area contributed by atoms with Gasteiger partial charge in [0.05, 0.1) is 26.2 Å². The molecule has 0 saturated heterocycles. The van der Waals surface area contributed by atoms with Gasteiger partial charge in [0.15, 0.2) is 11.5 Å². The second kappa shape index (κ2) is 9.09. The Morgan fingerprint density at radius 1 is 1.03 bits per heavy atom. The molecule has 1 N–H and O–H groups in total. The van der Waals surface area contributed by atoms with Crippen LogP contribution in [-0.4, -0.2) is 43.0 Å². The molecule has 7 heteroatoms. The van der Waals surface area contributed by atoms with Crippen LogP contribution in [0, 0.1) is 0 Å². The van der Waals surface area contributed by atoms with E-state index in [0.717, 1.165) is 11.1 Å². The number of amides is 2. The minimum Gasteiger partial charge on any atom is -0.493 e. The van der Waals surface area contributed by atoms with Gasteiger partial charge in [0.2, 0.25) is 5.91 Å². The smallest absolute Gasteiger partial charge is 0.254 e. The van der Waals surface area contributed by atoms with Crippen molar-refractivity contribution in [1.29, 1.82) is 0 Å². The van der Waals surface area contributed by atoms with Crippen molar-refractivity contribution in [3.63, 3.8) is 0 Å². The molecule has 1 aliphatic heterocycles. The van der Waals surface area contributed by atoms with Gasteiger partial charge in [-0.3, -0.25) is 14.6 Å². The third-order valence-electron chi connectivity index (χ3n) is 5.83. The molecule has 32 heavy (non-hydrogen) atoms. The summed E-state index contributed by atoms with van der Waals surface area (Å²) in [6.45, 7) is 0.371. The predicted molar refractivity (Wildman–Crippen MR) is 120 cm³/mol. The van der Waals surface area contributed by atoms with Crippen LogP contribution in [0.1, 0.15) is 39.0 Å². The summed E-state index contributed by atoms with van der Waals surface area (Å²) >= 11 is 0. The maximum absolute atomic E-state index is 13.5. The van der Waals surface area contributed by atoms with Gasteiger partial charge in [-0.1, -0.05) is 24.3 Å². The number of hydrogen-bond donors (Lipinski definition) is 1. The number of nitrogens with one attached hydrogen (secondary N) is 1. The first-order chi connectivity index (χ1) is 15.5. The van der Waals surface area contributed by atoms with E-state index in [2.05, 4.69) is 10.3 Å². The van der Waals surface area contributed by atoms with Crippen LogP contribution in [0.15, 0.2) is 67.0 Å². The summed E-state index contributed by atoms with van der Waals surface area (Å²) in [5.41, 5.74) is 2.99. The van der Waals surface area contributed by atoms with Crippen LogP contribution in [-0.2, 0) is 11.3 Å². The highest BCUT2D eigenvalue weighted by Gasteiger charge is 2.42. The molecule has 0 fully saturated rings. The number of rotatable bonds is 6. The molecule has 0 bridgehead atoms. The van der Waals surface area contributed by atoms with Crippen molar-refractivity contribution in [2.24, 2.45) is 0 Å². The van der Waals surface area contributed by atoms with Crippen LogP contribution in [0.4, 0.5) is 0 Å². The number of ether oxygens (including phenoxy) is 2. The van der Waals surface area contributed by atoms with Crippen LogP contribution >= 0.6 is 0 Å². The molecule has 0 spiro atoms. The lowest BCUT2D eigenvalue weighted by molar-refractivity contribution is -0.124. The van der Waals surface area contributed by atoms with Crippen LogP contribution in [0.3, 0.4) is 0 Å². The van der Waals surface area contributed by atoms with Gasteiger partial charge in [0.1, 0.15) is 0 Å². The highest BCUT2D eigenvalue weighted by molar-refractivity contribution is 6.01. The van der Waals surface area contributed by atoms with E-state index in [9.17, 15) is 9.59 Å². The maximum atomic E-state index is 13.5. The molecule has 0 radical (unpaired) electrons. The highest BCUT2D eigenvalue weighted by Crippen LogP contribution is 2.43. The fourth-order valence-electron chi connectivity index (χ4n) is 4.21. The Bertz CT molecular complexity index is 1130. The minimum atomic E-state index is -0.589. The molecule has 164 valence electrons. The van der Waals surface area contributed by atoms with Gasteiger partial charge in [-0.15, -0.1) is 0 Å². The lowest BCUT2D eigenvalue weighted by atomic mass is 9.79. The van der Waals surface area contributed by atoms with E-state index in [1.807, 2.05) is 42.5 Å². The van der Waals surface area contributed by atoms with Crippen molar-refractivity contribution in [2.75, 3.05) is 21.3 Å². The predicted octanol–water partition coefficient (Wildman–Crippen LogP) is 3.33. The molecular weight excluding hydrogens is 406 g/mol. The average molecular weight is 431 g/mol. The molecular formula is C25H25N3O4. The number of benzene rings is 2. The van der Waals surface area contributed by atoms with Crippen molar-refractivity contribution in [2.45, 2.75) is 18.5 Å². The van der Waals surface area contributed by atoms with E-state index in [1.165, 1.54) is 0 Å². The molecule has 2 amide bonds. The largest absolute Gasteiger partial charge is 0.493 e. The van der Waals surface area contributed by atoms with E-state index in [-0.39, 0.29) is 11.8 Å². The van der Waals surface area contributed by atoms with Gasteiger partial charge >= 0.3 is 0 Å². The fraction of sp³-hybridized carbons (Fsp3) is 0.240. The first-order valence-corrected chi connectivity index (χ1v) is 10.3. The van der Waals surface area contributed by atoms with Crippen LogP contribution in [0.2, 0.25) is 0 Å². The molecule has 2 aromatic carbocycles. The molecule has 1 aromatic heterocycles. The molecule has 0 saturated carbocycles. The SMILES string of the molecule is COc1ccc([C@H]2[C@@H](C(=O)NCc3ccncc3)c3ccccc3C(=O)N2C)cc1OC. The summed E-state index contributed by atoms with van der Waals surface area (Å²) in [6.07, 6.45) is 3.38.